The summed E-state index contributed by atoms with van der Waals surface area (Å²) in [5.41, 5.74) is 4.10. The molecule has 0 saturated carbocycles. The number of hydrogen-bond donors (Lipinski definition) is 1. The van der Waals surface area contributed by atoms with Gasteiger partial charge in [-0.05, 0) is 30.4 Å². The normalized spacial score (nSPS) is 16.3. The first-order valence-electron chi connectivity index (χ1n) is 13.6. The molecule has 3 aromatic rings. The summed E-state index contributed by atoms with van der Waals surface area (Å²) in [4.78, 5) is 40.2. The highest BCUT2D eigenvalue weighted by molar-refractivity contribution is 5.97. The first kappa shape index (κ1) is 27.7. The van der Waals surface area contributed by atoms with E-state index < -0.39 is 12.1 Å². The average molecular weight is 556 g/mol. The van der Waals surface area contributed by atoms with Gasteiger partial charge in [0.15, 0.2) is 0 Å². The lowest BCUT2D eigenvalue weighted by atomic mass is 9.99. The predicted octanol–water partition coefficient (Wildman–Crippen LogP) is 3.91. The van der Waals surface area contributed by atoms with Crippen LogP contribution in [0.3, 0.4) is 0 Å². The fraction of sp³-hybridized carbons (Fsp3) is 0.367. The van der Waals surface area contributed by atoms with Gasteiger partial charge in [0.05, 0.1) is 37.2 Å². The van der Waals surface area contributed by atoms with E-state index in [1.54, 1.807) is 20.3 Å². The molecule has 2 aliphatic heterocycles. The maximum absolute atomic E-state index is 12.1. The van der Waals surface area contributed by atoms with Crippen LogP contribution in [0.25, 0.3) is 10.8 Å². The second-order valence-corrected chi connectivity index (χ2v) is 10.4. The molecule has 212 valence electrons. The summed E-state index contributed by atoms with van der Waals surface area (Å²) >= 11 is 0. The number of hydrogen-bond acceptors (Lipinski definition) is 8. The molecule has 1 N–H and O–H groups in total. The molecule has 41 heavy (non-hydrogen) atoms. The van der Waals surface area contributed by atoms with Crippen molar-refractivity contribution in [2.45, 2.75) is 38.8 Å². The van der Waals surface area contributed by atoms with Crippen LogP contribution in [0.4, 0.5) is 16.3 Å². The summed E-state index contributed by atoms with van der Waals surface area (Å²) in [6.45, 7) is 3.79. The van der Waals surface area contributed by atoms with Crippen molar-refractivity contribution in [3.05, 3.63) is 65.6 Å². The molecule has 5 rings (SSSR count). The van der Waals surface area contributed by atoms with Crippen LogP contribution in [0.1, 0.15) is 29.7 Å². The Bertz CT molecular complexity index is 1540. The third-order valence-electron chi connectivity index (χ3n) is 7.53. The molecular formula is C30H33N7O4. The summed E-state index contributed by atoms with van der Waals surface area (Å²) < 4.78 is 5.89. The molecule has 0 aliphatic carbocycles. The molecule has 2 amide bonds. The number of carboxylic acid groups (broad SMARTS) is 1. The average Bonchev–Trinajstić information content (AvgIpc) is 2.96. The van der Waals surface area contributed by atoms with E-state index in [1.807, 2.05) is 4.90 Å². The highest BCUT2D eigenvalue weighted by atomic mass is 16.5. The van der Waals surface area contributed by atoms with Gasteiger partial charge < -0.3 is 24.5 Å². The smallest absolute Gasteiger partial charge is 0.411 e. The minimum absolute atomic E-state index is 0.0463. The zero-order chi connectivity index (χ0) is 29.1. The zero-order valence-corrected chi connectivity index (χ0v) is 23.4. The third-order valence-corrected chi connectivity index (χ3v) is 7.53. The van der Waals surface area contributed by atoms with Crippen LogP contribution in [-0.4, -0.2) is 76.7 Å². The van der Waals surface area contributed by atoms with Crippen molar-refractivity contribution < 1.29 is 19.4 Å². The highest BCUT2D eigenvalue weighted by Gasteiger charge is 2.31. The Morgan fingerprint density at radius 1 is 1.17 bits per heavy atom. The molecule has 11 nitrogen and oxygen atoms in total. The fourth-order valence-corrected chi connectivity index (χ4v) is 5.41. The molecule has 1 aromatic heterocycles. The number of aryl methyl sites for hydroxylation is 1. The monoisotopic (exact) mass is 555 g/mol. The highest BCUT2D eigenvalue weighted by Crippen LogP contribution is 2.36. The van der Waals surface area contributed by atoms with Gasteiger partial charge in [0.25, 0.3) is 0 Å². The number of benzene rings is 2. The third kappa shape index (κ3) is 5.72. The number of nitrogens with zero attached hydrogens (tertiary/aromatic N) is 7. The molecule has 0 radical (unpaired) electrons. The van der Waals surface area contributed by atoms with Crippen molar-refractivity contribution in [1.82, 2.24) is 19.8 Å². The molecule has 2 aliphatic rings. The SMILES string of the molecule is Cc1cccc2cccc(N3CCc4c(nc(OCCC(=O)N(C)C)nc4N4C=CN(C(=O)O)[C@@H](CC#N)C4)C3)c12. The molecule has 0 fully saturated rings. The van der Waals surface area contributed by atoms with E-state index >= 15 is 0 Å². The molecule has 2 aromatic carbocycles. The van der Waals surface area contributed by atoms with E-state index in [0.717, 1.165) is 28.4 Å². The lowest BCUT2D eigenvalue weighted by molar-refractivity contribution is -0.129. The predicted molar refractivity (Wildman–Crippen MR) is 155 cm³/mol. The number of anilines is 2. The van der Waals surface area contributed by atoms with Crippen LogP contribution < -0.4 is 14.5 Å². The number of amides is 2. The first-order chi connectivity index (χ1) is 19.8. The first-order valence-corrected chi connectivity index (χ1v) is 13.6. The Labute approximate surface area is 238 Å². The molecule has 0 saturated heterocycles. The van der Waals surface area contributed by atoms with Gasteiger partial charge in [0.1, 0.15) is 12.4 Å². The Morgan fingerprint density at radius 2 is 1.95 bits per heavy atom. The van der Waals surface area contributed by atoms with Gasteiger partial charge in [-0.25, -0.2) is 4.79 Å². The van der Waals surface area contributed by atoms with Gasteiger partial charge in [-0.2, -0.15) is 15.2 Å². The second kappa shape index (κ2) is 11.7. The van der Waals surface area contributed by atoms with E-state index in [2.05, 4.69) is 54.3 Å². The Hall–Kier alpha value is -4.85. The standard InChI is InChI=1S/C30H33N7O4/c1-20-6-4-7-21-8-5-9-25(27(20)21)35-14-11-23-24(19-35)32-29(41-17-12-26(38)34(2)3)33-28(23)36-15-16-37(30(39)40)22(18-36)10-13-31/h4-9,15-16,22H,10-12,14,17-19H2,1-3H3,(H,39,40)/t22-/m0/s1. The topological polar surface area (TPSA) is 126 Å². The van der Waals surface area contributed by atoms with Gasteiger partial charge >= 0.3 is 12.1 Å². The van der Waals surface area contributed by atoms with Gasteiger partial charge in [-0.3, -0.25) is 9.69 Å². The summed E-state index contributed by atoms with van der Waals surface area (Å²) in [5, 5.41) is 21.3. The molecule has 3 heterocycles. The van der Waals surface area contributed by atoms with E-state index in [0.29, 0.717) is 18.8 Å². The fourth-order valence-electron chi connectivity index (χ4n) is 5.41. The molecule has 1 atom stereocenters. The van der Waals surface area contributed by atoms with E-state index in [-0.39, 0.29) is 37.9 Å². The summed E-state index contributed by atoms with van der Waals surface area (Å²) in [7, 11) is 3.39. The second-order valence-electron chi connectivity index (χ2n) is 10.4. The van der Waals surface area contributed by atoms with Crippen molar-refractivity contribution >= 4 is 34.3 Å². The van der Waals surface area contributed by atoms with Gasteiger partial charge in [-0.1, -0.05) is 30.3 Å². The van der Waals surface area contributed by atoms with E-state index in [4.69, 9.17) is 14.7 Å². The summed E-state index contributed by atoms with van der Waals surface area (Å²) in [6, 6.07) is 14.3. The Kier molecular flexibility index (Phi) is 7.92. The number of carbonyl (C=O) groups is 2. The van der Waals surface area contributed by atoms with Gasteiger partial charge in [0, 0.05) is 56.2 Å². The number of aromatic nitrogens is 2. The van der Waals surface area contributed by atoms with Crippen molar-refractivity contribution in [2.24, 2.45) is 0 Å². The minimum Gasteiger partial charge on any atom is -0.465 e. The maximum Gasteiger partial charge on any atom is 0.411 e. The van der Waals surface area contributed by atoms with Crippen molar-refractivity contribution in [3.63, 3.8) is 0 Å². The van der Waals surface area contributed by atoms with Crippen LogP contribution in [0.2, 0.25) is 0 Å². The Balaban J connectivity index is 1.51. The minimum atomic E-state index is -1.11. The van der Waals surface area contributed by atoms with Gasteiger partial charge in [-0.15, -0.1) is 0 Å². The number of rotatable bonds is 7. The van der Waals surface area contributed by atoms with Crippen LogP contribution in [0.5, 0.6) is 6.01 Å². The van der Waals surface area contributed by atoms with Crippen LogP contribution in [0.15, 0.2) is 48.8 Å². The quantitative estimate of drug-likeness (QED) is 0.462. The van der Waals surface area contributed by atoms with E-state index in [1.165, 1.54) is 27.4 Å². The lowest BCUT2D eigenvalue weighted by Crippen LogP contribution is -2.46. The van der Waals surface area contributed by atoms with Crippen molar-refractivity contribution in [3.8, 4) is 12.1 Å². The number of nitriles is 1. The molecule has 0 spiro atoms. The van der Waals surface area contributed by atoms with Crippen LogP contribution in [0, 0.1) is 18.3 Å². The zero-order valence-electron chi connectivity index (χ0n) is 23.4. The van der Waals surface area contributed by atoms with Crippen LogP contribution in [-0.2, 0) is 17.8 Å². The Morgan fingerprint density at radius 3 is 2.68 bits per heavy atom. The van der Waals surface area contributed by atoms with Crippen LogP contribution >= 0.6 is 0 Å². The molecule has 0 unspecified atom stereocenters. The maximum atomic E-state index is 12.1. The van der Waals surface area contributed by atoms with Crippen molar-refractivity contribution in [1.29, 1.82) is 5.26 Å². The number of fused-ring (bicyclic) bond motifs is 2. The number of carbonyl (C=O) groups excluding carboxylic acids is 1. The summed E-state index contributed by atoms with van der Waals surface area (Å²) in [6.07, 6.45) is 2.93. The van der Waals surface area contributed by atoms with E-state index in [9.17, 15) is 20.0 Å². The lowest BCUT2D eigenvalue weighted by Gasteiger charge is -2.37. The molecule has 11 heteroatoms. The number of ether oxygens (including phenoxy) is 1. The molecular weight excluding hydrogens is 522 g/mol. The van der Waals surface area contributed by atoms with Crippen molar-refractivity contribution in [2.75, 3.05) is 43.6 Å². The largest absolute Gasteiger partial charge is 0.465 e. The van der Waals surface area contributed by atoms with Gasteiger partial charge in [0.2, 0.25) is 5.91 Å². The molecule has 0 bridgehead atoms. The summed E-state index contributed by atoms with van der Waals surface area (Å²) in [5.74, 6) is 0.565.